The number of esters is 1. The van der Waals surface area contributed by atoms with Crippen molar-refractivity contribution in [1.82, 2.24) is 0 Å². The number of benzene rings is 1. The number of carbonyl (C=O) groups excluding carboxylic acids is 2. The highest BCUT2D eigenvalue weighted by Gasteiger charge is 2.44. The van der Waals surface area contributed by atoms with Crippen molar-refractivity contribution in [3.63, 3.8) is 0 Å². The average molecular weight is 397 g/mol. The first kappa shape index (κ1) is 21.8. The van der Waals surface area contributed by atoms with E-state index < -0.39 is 5.92 Å². The van der Waals surface area contributed by atoms with Crippen LogP contribution in [0.15, 0.2) is 42.5 Å². The van der Waals surface area contributed by atoms with E-state index in [4.69, 9.17) is 4.74 Å². The molecule has 0 N–H and O–H groups in total. The highest BCUT2D eigenvalue weighted by molar-refractivity contribution is 6.00. The molecule has 3 nitrogen and oxygen atoms in total. The minimum Gasteiger partial charge on any atom is -0.461 e. The van der Waals surface area contributed by atoms with E-state index in [1.807, 2.05) is 25.1 Å². The van der Waals surface area contributed by atoms with Gasteiger partial charge in [-0.05, 0) is 55.4 Å². The Morgan fingerprint density at radius 1 is 1.14 bits per heavy atom. The van der Waals surface area contributed by atoms with Crippen LogP contribution in [0.2, 0.25) is 0 Å². The Hall–Kier alpha value is -1.90. The lowest BCUT2D eigenvalue weighted by Crippen LogP contribution is -2.45. The van der Waals surface area contributed by atoms with Crippen LogP contribution in [0.4, 0.5) is 0 Å². The fourth-order valence-corrected chi connectivity index (χ4v) is 5.42. The van der Waals surface area contributed by atoms with Crippen LogP contribution in [0, 0.1) is 23.7 Å². The molecule has 2 saturated carbocycles. The second-order valence-corrected chi connectivity index (χ2v) is 9.61. The largest absolute Gasteiger partial charge is 0.461 e. The van der Waals surface area contributed by atoms with Gasteiger partial charge in [0.1, 0.15) is 17.8 Å². The summed E-state index contributed by atoms with van der Waals surface area (Å²) in [5.41, 5.74) is 1.19. The second-order valence-electron chi connectivity index (χ2n) is 9.61. The standard InChI is InChI=1S/C26H36O3/c1-5-10-19-11-9-14-22(27)24(19)25(28)29-23-17-18(2)15-16-21(23)26(3,4)20-12-7-6-8-13-20/h5-8,10,12-13,18-19,21,23-24H,9,11,14-17H2,1-4H3/b10-5+/t18-,19+,21-,23-,24-/m1/s1. The van der Waals surface area contributed by atoms with E-state index in [0.717, 1.165) is 32.1 Å². The number of carbonyl (C=O) groups is 2. The zero-order valence-corrected chi connectivity index (χ0v) is 18.4. The zero-order chi connectivity index (χ0) is 21.0. The Balaban J connectivity index is 1.82. The molecule has 5 atom stereocenters. The SMILES string of the molecule is C/C=C/[C@H]1CCCC(=O)[C@@H]1C(=O)O[C@@H]1C[C@H](C)CC[C@H]1C(C)(C)c1ccccc1. The third kappa shape index (κ3) is 4.82. The smallest absolute Gasteiger partial charge is 0.317 e. The summed E-state index contributed by atoms with van der Waals surface area (Å²) in [4.78, 5) is 25.8. The van der Waals surface area contributed by atoms with E-state index in [2.05, 4.69) is 45.0 Å². The molecule has 0 aliphatic heterocycles. The molecule has 0 unspecified atom stereocenters. The van der Waals surface area contributed by atoms with Crippen LogP contribution in [-0.2, 0) is 19.7 Å². The molecule has 0 amide bonds. The van der Waals surface area contributed by atoms with Crippen molar-refractivity contribution < 1.29 is 14.3 Å². The van der Waals surface area contributed by atoms with Crippen LogP contribution in [0.5, 0.6) is 0 Å². The van der Waals surface area contributed by atoms with Crippen LogP contribution in [-0.4, -0.2) is 17.9 Å². The molecule has 29 heavy (non-hydrogen) atoms. The van der Waals surface area contributed by atoms with Gasteiger partial charge in [-0.25, -0.2) is 0 Å². The number of hydrogen-bond acceptors (Lipinski definition) is 3. The Bertz CT molecular complexity index is 734. The second kappa shape index (κ2) is 9.28. The predicted molar refractivity (Wildman–Crippen MR) is 117 cm³/mol. The number of hydrogen-bond donors (Lipinski definition) is 0. The maximum atomic E-state index is 13.2. The first-order valence-electron chi connectivity index (χ1n) is 11.3. The van der Waals surface area contributed by atoms with Crippen molar-refractivity contribution >= 4 is 11.8 Å². The number of Topliss-reactive ketones (excluding diaryl/α,β-unsaturated/α-hetero) is 1. The third-order valence-electron chi connectivity index (χ3n) is 7.20. The predicted octanol–water partition coefficient (Wildman–Crippen LogP) is 5.87. The minimum atomic E-state index is -0.627. The van der Waals surface area contributed by atoms with Gasteiger partial charge in [0.25, 0.3) is 0 Å². The zero-order valence-electron chi connectivity index (χ0n) is 18.4. The summed E-state index contributed by atoms with van der Waals surface area (Å²) in [6.07, 6.45) is 9.14. The molecule has 0 spiro atoms. The van der Waals surface area contributed by atoms with Gasteiger partial charge in [0.05, 0.1) is 0 Å². The lowest BCUT2D eigenvalue weighted by atomic mass is 9.64. The summed E-state index contributed by atoms with van der Waals surface area (Å²) in [6.45, 7) is 8.71. The Morgan fingerprint density at radius 2 is 1.86 bits per heavy atom. The van der Waals surface area contributed by atoms with Crippen molar-refractivity contribution in [2.75, 3.05) is 0 Å². The molecule has 2 aliphatic rings. The number of ketones is 1. The van der Waals surface area contributed by atoms with Crippen molar-refractivity contribution in [1.29, 1.82) is 0 Å². The quantitative estimate of drug-likeness (QED) is 0.355. The van der Waals surface area contributed by atoms with Crippen LogP contribution in [0.1, 0.15) is 71.8 Å². The van der Waals surface area contributed by atoms with Gasteiger partial charge < -0.3 is 4.74 Å². The molecule has 3 rings (SSSR count). The molecule has 158 valence electrons. The maximum absolute atomic E-state index is 13.2. The summed E-state index contributed by atoms with van der Waals surface area (Å²) >= 11 is 0. The maximum Gasteiger partial charge on any atom is 0.317 e. The van der Waals surface area contributed by atoms with Gasteiger partial charge in [-0.15, -0.1) is 0 Å². The topological polar surface area (TPSA) is 43.4 Å². The molecule has 2 fully saturated rings. The van der Waals surface area contributed by atoms with E-state index >= 15 is 0 Å². The van der Waals surface area contributed by atoms with Gasteiger partial charge in [0.15, 0.2) is 0 Å². The van der Waals surface area contributed by atoms with E-state index in [1.54, 1.807) is 0 Å². The summed E-state index contributed by atoms with van der Waals surface area (Å²) in [5.74, 6) is -0.112. The summed E-state index contributed by atoms with van der Waals surface area (Å²) in [5, 5.41) is 0. The third-order valence-corrected chi connectivity index (χ3v) is 7.20. The van der Waals surface area contributed by atoms with Crippen LogP contribution < -0.4 is 0 Å². The molecule has 0 bridgehead atoms. The van der Waals surface area contributed by atoms with Crippen LogP contribution >= 0.6 is 0 Å². The fraction of sp³-hybridized carbons (Fsp3) is 0.615. The average Bonchev–Trinajstić information content (AvgIpc) is 2.69. The molecule has 2 aliphatic carbocycles. The van der Waals surface area contributed by atoms with E-state index in [0.29, 0.717) is 12.3 Å². The van der Waals surface area contributed by atoms with Crippen molar-refractivity contribution in [2.45, 2.75) is 77.7 Å². The Kier molecular flexibility index (Phi) is 6.97. The van der Waals surface area contributed by atoms with Gasteiger partial charge >= 0.3 is 5.97 Å². The normalized spacial score (nSPS) is 31.0. The van der Waals surface area contributed by atoms with E-state index in [-0.39, 0.29) is 35.1 Å². The molecule has 0 saturated heterocycles. The van der Waals surface area contributed by atoms with E-state index in [9.17, 15) is 9.59 Å². The van der Waals surface area contributed by atoms with Crippen LogP contribution in [0.25, 0.3) is 0 Å². The number of ether oxygens (including phenoxy) is 1. The lowest BCUT2D eigenvalue weighted by Gasteiger charge is -2.44. The van der Waals surface area contributed by atoms with Gasteiger partial charge in [-0.2, -0.15) is 0 Å². The fourth-order valence-electron chi connectivity index (χ4n) is 5.42. The van der Waals surface area contributed by atoms with Crippen molar-refractivity contribution in [3.8, 4) is 0 Å². The minimum absolute atomic E-state index is 0.0182. The first-order chi connectivity index (χ1) is 13.8. The molecule has 0 radical (unpaired) electrons. The van der Waals surface area contributed by atoms with Gasteiger partial charge in [-0.1, -0.05) is 69.7 Å². The number of allylic oxidation sites excluding steroid dienone is 2. The summed E-state index contributed by atoms with van der Waals surface area (Å²) in [7, 11) is 0. The van der Waals surface area contributed by atoms with Gasteiger partial charge in [0, 0.05) is 12.3 Å². The molecule has 3 heteroatoms. The monoisotopic (exact) mass is 396 g/mol. The summed E-state index contributed by atoms with van der Waals surface area (Å²) < 4.78 is 6.18. The molecule has 1 aromatic rings. The first-order valence-corrected chi connectivity index (χ1v) is 11.3. The van der Waals surface area contributed by atoms with Crippen molar-refractivity contribution in [3.05, 3.63) is 48.0 Å². The highest BCUT2D eigenvalue weighted by Crippen LogP contribution is 2.44. The highest BCUT2D eigenvalue weighted by atomic mass is 16.5. The van der Waals surface area contributed by atoms with Crippen molar-refractivity contribution in [2.24, 2.45) is 23.7 Å². The lowest BCUT2D eigenvalue weighted by molar-refractivity contribution is -0.166. The van der Waals surface area contributed by atoms with Crippen LogP contribution in [0.3, 0.4) is 0 Å². The Labute approximate surface area is 175 Å². The molecule has 1 aromatic carbocycles. The van der Waals surface area contributed by atoms with Gasteiger partial charge in [0.2, 0.25) is 0 Å². The molecular weight excluding hydrogens is 360 g/mol. The molecule has 0 aromatic heterocycles. The van der Waals surface area contributed by atoms with E-state index in [1.165, 1.54) is 5.56 Å². The molecular formula is C26H36O3. The Morgan fingerprint density at radius 3 is 2.55 bits per heavy atom. The van der Waals surface area contributed by atoms with Gasteiger partial charge in [-0.3, -0.25) is 9.59 Å². The summed E-state index contributed by atoms with van der Waals surface area (Å²) in [6, 6.07) is 10.5. The molecule has 0 heterocycles. The number of rotatable bonds is 5.